The van der Waals surface area contributed by atoms with E-state index >= 15 is 0 Å². The number of hydrogen-bond acceptors (Lipinski definition) is 4. The van der Waals surface area contributed by atoms with Gasteiger partial charge in [-0.2, -0.15) is 4.57 Å². The van der Waals surface area contributed by atoms with Gasteiger partial charge in [-0.05, 0) is 6.07 Å². The fraction of sp³-hybridized carbons (Fsp3) is 0.0556. The predicted molar refractivity (Wildman–Crippen MR) is 103 cm³/mol. The molecule has 0 aliphatic rings. The molecule has 0 unspecified atom stereocenters. The number of anilines is 1. The number of nitrogens with zero attached hydrogens (tertiary/aromatic N) is 3. The summed E-state index contributed by atoms with van der Waals surface area (Å²) < 4.78 is 3.44. The van der Waals surface area contributed by atoms with Gasteiger partial charge in [0.1, 0.15) is 10.5 Å². The topological polar surface area (TPSA) is 55.7 Å². The quantitative estimate of drug-likeness (QED) is 0.443. The highest BCUT2D eigenvalue weighted by molar-refractivity contribution is 8.93. The van der Waals surface area contributed by atoms with Crippen molar-refractivity contribution < 1.29 is 21.5 Å². The first-order valence-corrected chi connectivity index (χ1v) is 8.22. The zero-order valence-electron chi connectivity index (χ0n) is 13.2. The number of benzene rings is 2. The summed E-state index contributed by atoms with van der Waals surface area (Å²) >= 11 is 1.72. The summed E-state index contributed by atoms with van der Waals surface area (Å²) in [5, 5.41) is 0. The van der Waals surface area contributed by atoms with E-state index in [-0.39, 0.29) is 34.0 Å². The third kappa shape index (κ3) is 4.05. The van der Waals surface area contributed by atoms with Crippen LogP contribution in [0.5, 0.6) is 0 Å². The van der Waals surface area contributed by atoms with Crippen LogP contribution in [0.15, 0.2) is 66.3 Å². The summed E-state index contributed by atoms with van der Waals surface area (Å²) in [5.74, 6) is 1.19. The highest BCUT2D eigenvalue weighted by Crippen LogP contribution is 2.19. The normalized spacial score (nSPS) is 10.1. The second-order valence-electron chi connectivity index (χ2n) is 5.29. The molecule has 128 valence electrons. The van der Waals surface area contributed by atoms with Crippen molar-refractivity contribution >= 4 is 44.4 Å². The number of fused-ring (bicyclic) bond motifs is 1. The number of thiazole rings is 1. The number of nitrogens with two attached hydrogens (primary N) is 1. The van der Waals surface area contributed by atoms with Gasteiger partial charge in [0.2, 0.25) is 11.0 Å². The van der Waals surface area contributed by atoms with Crippen LogP contribution < -0.4 is 27.3 Å². The minimum atomic E-state index is 0. The number of nitrogen functional groups attached to an aromatic ring is 1. The van der Waals surface area contributed by atoms with Crippen molar-refractivity contribution in [2.45, 2.75) is 6.54 Å². The van der Waals surface area contributed by atoms with Crippen molar-refractivity contribution in [2.75, 3.05) is 5.73 Å². The van der Waals surface area contributed by atoms with E-state index in [0.29, 0.717) is 18.2 Å². The minimum Gasteiger partial charge on any atom is -1.00 e. The average molecular weight is 480 g/mol. The molecule has 0 aliphatic carbocycles. The lowest BCUT2D eigenvalue weighted by atomic mass is 10.2. The lowest BCUT2D eigenvalue weighted by molar-refractivity contribution is -0.658. The number of hydrogen-bond donors (Lipinski definition) is 1. The van der Waals surface area contributed by atoms with Crippen molar-refractivity contribution in [1.29, 1.82) is 0 Å². The molecule has 0 saturated heterocycles. The summed E-state index contributed by atoms with van der Waals surface area (Å²) in [7, 11) is 0. The molecule has 2 heterocycles. The number of aromatic nitrogens is 3. The standard InChI is InChI=1S/C18H15N4S.2BrH/c19-17-14(10-20-18(21-17)13-6-2-1-3-7-13)11-22-12-23-16-9-5-4-8-15(16)22;;/h1-10,12H,11H2,(H2,19,20,21);2*1H/q+1;;/p-1. The van der Waals surface area contributed by atoms with Gasteiger partial charge in [0, 0.05) is 17.8 Å². The summed E-state index contributed by atoms with van der Waals surface area (Å²) in [4.78, 5) is 8.93. The van der Waals surface area contributed by atoms with Crippen LogP contribution >= 0.6 is 28.3 Å². The van der Waals surface area contributed by atoms with Crippen molar-refractivity contribution in [3.63, 3.8) is 0 Å². The van der Waals surface area contributed by atoms with E-state index in [4.69, 9.17) is 5.73 Å². The van der Waals surface area contributed by atoms with E-state index in [0.717, 1.165) is 11.1 Å². The van der Waals surface area contributed by atoms with Gasteiger partial charge in [0.25, 0.3) is 0 Å². The molecule has 0 amide bonds. The van der Waals surface area contributed by atoms with Crippen LogP contribution in [0, 0.1) is 0 Å². The summed E-state index contributed by atoms with van der Waals surface area (Å²) in [6, 6.07) is 18.2. The van der Waals surface area contributed by atoms with Crippen LogP contribution in [-0.4, -0.2) is 9.97 Å². The molecule has 0 saturated carbocycles. The average Bonchev–Trinajstić information content (AvgIpc) is 3.01. The Bertz CT molecular complexity index is 973. The predicted octanol–water partition coefficient (Wildman–Crippen LogP) is 0.858. The Labute approximate surface area is 170 Å². The number of rotatable bonds is 3. The molecule has 2 aromatic heterocycles. The lowest BCUT2D eigenvalue weighted by Gasteiger charge is -2.04. The van der Waals surface area contributed by atoms with E-state index in [1.54, 1.807) is 11.3 Å². The second kappa shape index (κ2) is 8.51. The fourth-order valence-corrected chi connectivity index (χ4v) is 3.44. The van der Waals surface area contributed by atoms with E-state index in [2.05, 4.69) is 38.2 Å². The molecule has 2 N–H and O–H groups in total. The third-order valence-corrected chi connectivity index (χ3v) is 4.71. The summed E-state index contributed by atoms with van der Waals surface area (Å²) in [5.41, 5.74) is 11.4. The molecule has 0 fully saturated rings. The van der Waals surface area contributed by atoms with Gasteiger partial charge in [-0.3, -0.25) is 0 Å². The maximum absolute atomic E-state index is 6.16. The largest absolute Gasteiger partial charge is 1.00 e. The lowest BCUT2D eigenvalue weighted by Crippen LogP contribution is -3.00. The molecule has 2 aromatic carbocycles. The Morgan fingerprint density at radius 1 is 1.00 bits per heavy atom. The molecular formula is C18H16Br2N4S. The first kappa shape index (κ1) is 19.5. The van der Waals surface area contributed by atoms with Gasteiger partial charge in [0.05, 0.1) is 5.56 Å². The van der Waals surface area contributed by atoms with E-state index < -0.39 is 0 Å². The van der Waals surface area contributed by atoms with Crippen LogP contribution in [0.3, 0.4) is 0 Å². The highest BCUT2D eigenvalue weighted by atomic mass is 79.9. The van der Waals surface area contributed by atoms with Gasteiger partial charge in [-0.15, -0.1) is 17.0 Å². The van der Waals surface area contributed by atoms with Crippen LogP contribution in [0.2, 0.25) is 0 Å². The maximum atomic E-state index is 6.16. The molecule has 0 radical (unpaired) electrons. The van der Waals surface area contributed by atoms with Crippen LogP contribution in [0.1, 0.15) is 5.56 Å². The van der Waals surface area contributed by atoms with Crippen molar-refractivity contribution in [3.8, 4) is 11.4 Å². The Morgan fingerprint density at radius 3 is 2.48 bits per heavy atom. The zero-order chi connectivity index (χ0) is 15.6. The first-order valence-electron chi connectivity index (χ1n) is 7.34. The van der Waals surface area contributed by atoms with Crippen molar-refractivity contribution in [1.82, 2.24) is 9.97 Å². The molecule has 25 heavy (non-hydrogen) atoms. The van der Waals surface area contributed by atoms with E-state index in [9.17, 15) is 0 Å². The first-order chi connectivity index (χ1) is 11.3. The molecule has 0 aliphatic heterocycles. The Morgan fingerprint density at radius 2 is 1.72 bits per heavy atom. The van der Waals surface area contributed by atoms with Gasteiger partial charge in [-0.25, -0.2) is 9.97 Å². The minimum absolute atomic E-state index is 0. The van der Waals surface area contributed by atoms with E-state index in [1.165, 1.54) is 10.2 Å². The van der Waals surface area contributed by atoms with Crippen LogP contribution in [0.4, 0.5) is 5.82 Å². The smallest absolute Gasteiger partial charge is 0.226 e. The van der Waals surface area contributed by atoms with Gasteiger partial charge >= 0.3 is 0 Å². The molecule has 4 aromatic rings. The van der Waals surface area contributed by atoms with Crippen molar-refractivity contribution in [2.24, 2.45) is 0 Å². The molecule has 7 heteroatoms. The second-order valence-corrected chi connectivity index (χ2v) is 6.18. The van der Waals surface area contributed by atoms with E-state index in [1.807, 2.05) is 42.6 Å². The third-order valence-electron chi connectivity index (χ3n) is 3.75. The van der Waals surface area contributed by atoms with Gasteiger partial charge in [-0.1, -0.05) is 53.8 Å². The Kier molecular flexibility index (Phi) is 6.64. The highest BCUT2D eigenvalue weighted by Gasteiger charge is 2.15. The van der Waals surface area contributed by atoms with Gasteiger partial charge < -0.3 is 22.7 Å². The Balaban J connectivity index is 0.00000113. The summed E-state index contributed by atoms with van der Waals surface area (Å²) in [6.07, 6.45) is 1.82. The maximum Gasteiger partial charge on any atom is 0.226 e. The van der Waals surface area contributed by atoms with Gasteiger partial charge in [0.15, 0.2) is 12.4 Å². The monoisotopic (exact) mass is 478 g/mol. The SMILES string of the molecule is Br.Nc1nc(-c2ccccc2)ncc1C[n+]1csc2ccccc21.[Br-]. The molecule has 4 rings (SSSR count). The van der Waals surface area contributed by atoms with Crippen LogP contribution in [0.25, 0.3) is 21.6 Å². The molecule has 0 atom stereocenters. The molecule has 4 nitrogen and oxygen atoms in total. The number of halogens is 2. The fourth-order valence-electron chi connectivity index (χ4n) is 2.55. The zero-order valence-corrected chi connectivity index (χ0v) is 17.3. The summed E-state index contributed by atoms with van der Waals surface area (Å²) in [6.45, 7) is 0.672. The van der Waals surface area contributed by atoms with Crippen molar-refractivity contribution in [3.05, 3.63) is 71.9 Å². The Hall–Kier alpha value is -1.83. The molecule has 0 spiro atoms. The van der Waals surface area contributed by atoms with Crippen LogP contribution in [-0.2, 0) is 6.54 Å². The molecular weight excluding hydrogens is 464 g/mol. The number of para-hydroxylation sites is 1. The molecule has 0 bridgehead atoms.